The molecule has 234 valence electrons. The lowest BCUT2D eigenvalue weighted by Gasteiger charge is -2.25. The summed E-state index contributed by atoms with van der Waals surface area (Å²) in [5, 5.41) is 28.4. The number of rotatable bonds is 11. The van der Waals surface area contributed by atoms with Gasteiger partial charge in [-0.3, -0.25) is 24.0 Å². The van der Waals surface area contributed by atoms with E-state index in [-0.39, 0.29) is 56.6 Å². The van der Waals surface area contributed by atoms with E-state index in [1.807, 2.05) is 0 Å². The normalized spacial score (nSPS) is 16.6. The Morgan fingerprint density at radius 1 is 0.889 bits per heavy atom. The fourth-order valence-corrected chi connectivity index (χ4v) is 5.09. The maximum atomic E-state index is 13.3. The molecule has 0 spiro atoms. The highest BCUT2D eigenvalue weighted by molar-refractivity contribution is 6.62. The summed E-state index contributed by atoms with van der Waals surface area (Å²) in [6.45, 7) is 1.89. The van der Waals surface area contributed by atoms with Gasteiger partial charge in [-0.1, -0.05) is 12.1 Å². The molecule has 0 aromatic heterocycles. The van der Waals surface area contributed by atoms with Crippen molar-refractivity contribution in [1.29, 1.82) is 0 Å². The fourth-order valence-electron chi connectivity index (χ4n) is 5.09. The van der Waals surface area contributed by atoms with Crippen molar-refractivity contribution in [3.05, 3.63) is 58.7 Å². The van der Waals surface area contributed by atoms with Crippen LogP contribution in [0.25, 0.3) is 0 Å². The number of imide groups is 1. The van der Waals surface area contributed by atoms with Gasteiger partial charge in [-0.2, -0.15) is 0 Å². The van der Waals surface area contributed by atoms with E-state index in [4.69, 9.17) is 14.1 Å². The molecule has 5 rings (SSSR count). The quantitative estimate of drug-likeness (QED) is 0.101. The Hall–Kier alpha value is -4.57. The number of carbonyl (C=O) groups excluding carboxylic acids is 6. The molecule has 0 unspecified atom stereocenters. The minimum absolute atomic E-state index is 0.0338. The van der Waals surface area contributed by atoms with E-state index in [1.54, 1.807) is 18.2 Å². The number of fused-ring (bicyclic) bond motifs is 2. The summed E-state index contributed by atoms with van der Waals surface area (Å²) in [6.07, 6.45) is -0.197. The summed E-state index contributed by atoms with van der Waals surface area (Å²) in [7, 11) is -2.34. The molecule has 15 nitrogen and oxygen atoms in total. The van der Waals surface area contributed by atoms with Crippen LogP contribution in [0.2, 0.25) is 0 Å². The van der Waals surface area contributed by atoms with E-state index in [1.165, 1.54) is 25.1 Å². The Balaban J connectivity index is 1.23. The summed E-state index contributed by atoms with van der Waals surface area (Å²) in [6, 6.07) is 7.08. The number of hydrogen-bond donors (Lipinski definition) is 5. The third kappa shape index (κ3) is 7.23. The van der Waals surface area contributed by atoms with Gasteiger partial charge in [-0.15, -0.1) is 5.06 Å². The largest absolute Gasteiger partial charge is 0.491 e. The molecule has 5 amide bonds. The van der Waals surface area contributed by atoms with Crippen LogP contribution in [0.15, 0.2) is 36.4 Å². The molecule has 3 aliphatic heterocycles. The molecule has 2 aromatic rings. The maximum Gasteiger partial charge on any atom is 0.491 e. The minimum Gasteiger partial charge on any atom is -0.423 e. The van der Waals surface area contributed by atoms with Gasteiger partial charge in [0.2, 0.25) is 5.91 Å². The Morgan fingerprint density at radius 2 is 1.42 bits per heavy atom. The first kappa shape index (κ1) is 31.8. The van der Waals surface area contributed by atoms with Gasteiger partial charge in [0.25, 0.3) is 23.6 Å². The van der Waals surface area contributed by atoms with Crippen LogP contribution in [0.4, 0.5) is 0 Å². The average Bonchev–Trinajstić information content (AvgIpc) is 3.69. The highest BCUT2D eigenvalue weighted by atomic mass is 16.7. The number of hydrogen-bond acceptors (Lipinski definition) is 11. The van der Waals surface area contributed by atoms with Gasteiger partial charge in [0, 0.05) is 36.9 Å². The van der Waals surface area contributed by atoms with E-state index in [9.17, 15) is 38.8 Å². The van der Waals surface area contributed by atoms with E-state index in [0.717, 1.165) is 11.1 Å². The molecule has 45 heavy (non-hydrogen) atoms. The third-order valence-corrected chi connectivity index (χ3v) is 7.63. The molecule has 1 saturated heterocycles. The van der Waals surface area contributed by atoms with Crippen molar-refractivity contribution in [2.45, 2.75) is 57.9 Å². The van der Waals surface area contributed by atoms with Crippen LogP contribution in [-0.4, -0.2) is 83.5 Å². The van der Waals surface area contributed by atoms with Crippen LogP contribution in [-0.2, 0) is 46.5 Å². The molecule has 3 aliphatic rings. The van der Waals surface area contributed by atoms with Crippen LogP contribution in [0.5, 0.6) is 0 Å². The molecule has 3 heterocycles. The molecule has 17 heteroatoms. The van der Waals surface area contributed by atoms with Crippen LogP contribution in [0.1, 0.15) is 64.4 Å². The second-order valence-electron chi connectivity index (χ2n) is 10.8. The highest BCUT2D eigenvalue weighted by Gasteiger charge is 2.34. The second kappa shape index (κ2) is 13.6. The van der Waals surface area contributed by atoms with E-state index in [2.05, 4.69) is 16.0 Å². The van der Waals surface area contributed by atoms with Gasteiger partial charge in [-0.25, -0.2) is 4.79 Å². The van der Waals surface area contributed by atoms with Crippen LogP contribution < -0.4 is 26.9 Å². The van der Waals surface area contributed by atoms with E-state index >= 15 is 0 Å². The predicted octanol–water partition coefficient (Wildman–Crippen LogP) is -2.46. The highest BCUT2D eigenvalue weighted by Crippen LogP contribution is 2.15. The Bertz CT molecular complexity index is 1540. The lowest BCUT2D eigenvalue weighted by Crippen LogP contribution is -2.57. The zero-order valence-electron chi connectivity index (χ0n) is 24.2. The van der Waals surface area contributed by atoms with E-state index in [0.29, 0.717) is 16.0 Å². The molecule has 5 N–H and O–H groups in total. The lowest BCUT2D eigenvalue weighted by molar-refractivity contribution is -0.197. The SMILES string of the molecule is C[C@H](NC(=O)c1ccc2c(c1)B(O)OC2)[C@H](NC(=O)c1ccc2c(c1)B(O)OC2)C(=O)NCCCC(=O)ON1C(=O)CCC1=O. The first-order chi connectivity index (χ1) is 21.5. The lowest BCUT2D eigenvalue weighted by atomic mass is 9.78. The number of carbonyl (C=O) groups is 6. The zero-order chi connectivity index (χ0) is 32.2. The summed E-state index contributed by atoms with van der Waals surface area (Å²) in [5.41, 5.74) is 2.70. The number of hydroxylamine groups is 2. The Kier molecular flexibility index (Phi) is 9.63. The van der Waals surface area contributed by atoms with Gasteiger partial charge in [0.1, 0.15) is 6.04 Å². The van der Waals surface area contributed by atoms with Crippen molar-refractivity contribution in [2.24, 2.45) is 0 Å². The average molecular weight is 620 g/mol. The van der Waals surface area contributed by atoms with Crippen molar-refractivity contribution >= 4 is 60.7 Å². The van der Waals surface area contributed by atoms with Gasteiger partial charge >= 0.3 is 20.2 Å². The first-order valence-corrected chi connectivity index (χ1v) is 14.3. The summed E-state index contributed by atoms with van der Waals surface area (Å²) in [4.78, 5) is 79.9. The monoisotopic (exact) mass is 620 g/mol. The molecular weight excluding hydrogens is 590 g/mol. The van der Waals surface area contributed by atoms with Gasteiger partial charge in [0.15, 0.2) is 0 Å². The zero-order valence-corrected chi connectivity index (χ0v) is 24.2. The number of nitrogens with zero attached hydrogens (tertiary/aromatic N) is 1. The smallest absolute Gasteiger partial charge is 0.423 e. The van der Waals surface area contributed by atoms with Crippen LogP contribution in [0, 0.1) is 0 Å². The van der Waals surface area contributed by atoms with Crippen molar-refractivity contribution in [2.75, 3.05) is 6.54 Å². The minimum atomic E-state index is -1.29. The van der Waals surface area contributed by atoms with Crippen molar-refractivity contribution in [1.82, 2.24) is 21.0 Å². The Labute approximate surface area is 257 Å². The molecule has 1 fully saturated rings. The molecule has 0 saturated carbocycles. The standard InChI is InChI=1S/C28H30B2N4O11/c1-15(32-26(38)16-4-6-18-13-43-29(41)20(18)11-16)25(33-27(39)17-5-7-19-14-44-30(42)21(19)12-17)28(40)31-10-2-3-24(37)45-34-22(35)8-9-23(34)36/h4-7,11-12,15,25,41-42H,2-3,8-10,13-14H2,1H3,(H,31,40)(H,32,38)(H,33,39)/t15-,25-/m0/s1. The van der Waals surface area contributed by atoms with Crippen LogP contribution >= 0.6 is 0 Å². The molecule has 2 aromatic carbocycles. The summed E-state index contributed by atoms with van der Waals surface area (Å²) >= 11 is 0. The molecular formula is C28H30B2N4O11. The van der Waals surface area contributed by atoms with Crippen molar-refractivity contribution < 1.29 is 53.0 Å². The Morgan fingerprint density at radius 3 is 1.98 bits per heavy atom. The van der Waals surface area contributed by atoms with Gasteiger partial charge in [0.05, 0.1) is 19.3 Å². The predicted molar refractivity (Wildman–Crippen MR) is 155 cm³/mol. The number of nitrogens with one attached hydrogen (secondary N) is 3. The third-order valence-electron chi connectivity index (χ3n) is 7.63. The number of amides is 5. The number of benzene rings is 2. The molecule has 0 bridgehead atoms. The fraction of sp³-hybridized carbons (Fsp3) is 0.357. The van der Waals surface area contributed by atoms with Gasteiger partial charge in [-0.05, 0) is 59.7 Å². The molecule has 0 aliphatic carbocycles. The summed E-state index contributed by atoms with van der Waals surface area (Å²) in [5.74, 6) is -3.93. The first-order valence-electron chi connectivity index (χ1n) is 14.3. The molecule has 2 atom stereocenters. The van der Waals surface area contributed by atoms with Crippen LogP contribution in [0.3, 0.4) is 0 Å². The second-order valence-corrected chi connectivity index (χ2v) is 10.8. The molecule has 0 radical (unpaired) electrons. The topological polar surface area (TPSA) is 210 Å². The van der Waals surface area contributed by atoms with Crippen molar-refractivity contribution in [3.63, 3.8) is 0 Å². The van der Waals surface area contributed by atoms with E-state index < -0.39 is 61.8 Å². The summed E-state index contributed by atoms with van der Waals surface area (Å²) < 4.78 is 10.3. The van der Waals surface area contributed by atoms with Crippen molar-refractivity contribution in [3.8, 4) is 0 Å². The maximum absolute atomic E-state index is 13.3. The van der Waals surface area contributed by atoms with Gasteiger partial charge < -0.3 is 40.1 Å².